The predicted octanol–water partition coefficient (Wildman–Crippen LogP) is 2.78. The summed E-state index contributed by atoms with van der Waals surface area (Å²) in [7, 11) is 0. The highest BCUT2D eigenvalue weighted by molar-refractivity contribution is 5.94. The Morgan fingerprint density at radius 3 is 2.38 bits per heavy atom. The molecule has 0 fully saturated rings. The summed E-state index contributed by atoms with van der Waals surface area (Å²) in [4.78, 5) is 23.5. The molecule has 1 aromatic carbocycles. The van der Waals surface area contributed by atoms with E-state index in [-0.39, 0.29) is 19.5 Å². The molecule has 0 atom stereocenters. The quantitative estimate of drug-likeness (QED) is 0.851. The third-order valence-electron chi connectivity index (χ3n) is 2.79. The topological polar surface area (TPSA) is 57.6 Å². The molecule has 0 aliphatic carbocycles. The molecule has 4 nitrogen and oxygen atoms in total. The first-order chi connectivity index (χ1) is 9.66. The van der Waals surface area contributed by atoms with Crippen molar-refractivity contribution < 1.29 is 32.3 Å². The lowest BCUT2D eigenvalue weighted by Crippen LogP contribution is -2.33. The summed E-state index contributed by atoms with van der Waals surface area (Å²) in [6.07, 6.45) is -5.07. The van der Waals surface area contributed by atoms with Crippen LogP contribution in [0.3, 0.4) is 0 Å². The monoisotopic (exact) mass is 307 g/mol. The first kappa shape index (κ1) is 16.9. The summed E-state index contributed by atoms with van der Waals surface area (Å²) in [6.45, 7) is 1.37. The second-order valence-electron chi connectivity index (χ2n) is 4.22. The van der Waals surface area contributed by atoms with Gasteiger partial charge < -0.3 is 10.0 Å². The van der Waals surface area contributed by atoms with Crippen molar-refractivity contribution in [1.82, 2.24) is 4.90 Å². The van der Waals surface area contributed by atoms with Gasteiger partial charge in [-0.25, -0.2) is 4.39 Å². The van der Waals surface area contributed by atoms with E-state index in [1.807, 2.05) is 0 Å². The van der Waals surface area contributed by atoms with E-state index in [1.165, 1.54) is 6.92 Å². The SMILES string of the molecule is CCN(CCC(=O)O)C(=O)c1cc(C(F)(F)F)ccc1F. The maximum atomic E-state index is 13.6. The molecule has 0 saturated carbocycles. The van der Waals surface area contributed by atoms with E-state index < -0.39 is 35.0 Å². The summed E-state index contributed by atoms with van der Waals surface area (Å²) in [5, 5.41) is 8.55. The van der Waals surface area contributed by atoms with Gasteiger partial charge in [0.15, 0.2) is 0 Å². The third kappa shape index (κ3) is 4.44. The normalized spacial score (nSPS) is 11.3. The number of halogens is 4. The van der Waals surface area contributed by atoms with Gasteiger partial charge in [0.05, 0.1) is 17.5 Å². The van der Waals surface area contributed by atoms with Crippen LogP contribution in [0.15, 0.2) is 18.2 Å². The highest BCUT2D eigenvalue weighted by Gasteiger charge is 2.32. The number of carboxylic acids is 1. The number of aliphatic carboxylic acids is 1. The number of carbonyl (C=O) groups excluding carboxylic acids is 1. The van der Waals surface area contributed by atoms with Crippen LogP contribution in [-0.4, -0.2) is 35.0 Å². The van der Waals surface area contributed by atoms with E-state index in [4.69, 9.17) is 5.11 Å². The van der Waals surface area contributed by atoms with Crippen LogP contribution in [-0.2, 0) is 11.0 Å². The number of nitrogens with zero attached hydrogens (tertiary/aromatic N) is 1. The van der Waals surface area contributed by atoms with Crippen LogP contribution in [0.4, 0.5) is 17.6 Å². The second kappa shape index (κ2) is 6.55. The number of hydrogen-bond acceptors (Lipinski definition) is 2. The predicted molar refractivity (Wildman–Crippen MR) is 65.2 cm³/mol. The standard InChI is InChI=1S/C13H13F4NO3/c1-2-18(6-5-11(19)20)12(21)9-7-8(13(15,16)17)3-4-10(9)14/h3-4,7H,2,5-6H2,1H3,(H,19,20). The van der Waals surface area contributed by atoms with Gasteiger partial charge in [-0.05, 0) is 25.1 Å². The van der Waals surface area contributed by atoms with Crippen molar-refractivity contribution in [3.05, 3.63) is 35.1 Å². The molecule has 1 aromatic rings. The van der Waals surface area contributed by atoms with Crippen molar-refractivity contribution >= 4 is 11.9 Å². The van der Waals surface area contributed by atoms with E-state index in [0.717, 1.165) is 4.90 Å². The van der Waals surface area contributed by atoms with Gasteiger partial charge in [-0.15, -0.1) is 0 Å². The minimum atomic E-state index is -4.69. The average molecular weight is 307 g/mol. The van der Waals surface area contributed by atoms with Crippen molar-refractivity contribution in [3.8, 4) is 0 Å². The van der Waals surface area contributed by atoms with E-state index in [0.29, 0.717) is 18.2 Å². The lowest BCUT2D eigenvalue weighted by molar-refractivity contribution is -0.138. The maximum absolute atomic E-state index is 13.6. The van der Waals surface area contributed by atoms with Gasteiger partial charge in [0, 0.05) is 13.1 Å². The first-order valence-electron chi connectivity index (χ1n) is 6.04. The third-order valence-corrected chi connectivity index (χ3v) is 2.79. The molecule has 0 radical (unpaired) electrons. The molecule has 0 spiro atoms. The zero-order chi connectivity index (χ0) is 16.2. The van der Waals surface area contributed by atoms with Gasteiger partial charge >= 0.3 is 12.1 Å². The minimum absolute atomic E-state index is 0.0573. The van der Waals surface area contributed by atoms with Crippen molar-refractivity contribution in [2.75, 3.05) is 13.1 Å². The highest BCUT2D eigenvalue weighted by Crippen LogP contribution is 2.30. The minimum Gasteiger partial charge on any atom is -0.481 e. The van der Waals surface area contributed by atoms with E-state index in [2.05, 4.69) is 0 Å². The maximum Gasteiger partial charge on any atom is 0.416 e. The molecule has 0 aliphatic rings. The number of hydrogen-bond donors (Lipinski definition) is 1. The number of amides is 1. The molecule has 0 bridgehead atoms. The van der Waals surface area contributed by atoms with Crippen LogP contribution >= 0.6 is 0 Å². The average Bonchev–Trinajstić information content (AvgIpc) is 2.37. The second-order valence-corrected chi connectivity index (χ2v) is 4.22. The summed E-state index contributed by atoms with van der Waals surface area (Å²) in [5.41, 5.74) is -1.86. The molecule has 1 amide bonds. The Hall–Kier alpha value is -2.12. The van der Waals surface area contributed by atoms with Crippen LogP contribution in [0.25, 0.3) is 0 Å². The molecule has 0 heterocycles. The molecule has 0 aromatic heterocycles. The van der Waals surface area contributed by atoms with Gasteiger partial charge in [-0.1, -0.05) is 0 Å². The molecule has 8 heteroatoms. The van der Waals surface area contributed by atoms with E-state index in [1.54, 1.807) is 0 Å². The smallest absolute Gasteiger partial charge is 0.416 e. The summed E-state index contributed by atoms with van der Waals surface area (Å²) < 4.78 is 51.3. The largest absolute Gasteiger partial charge is 0.481 e. The molecular formula is C13H13F4NO3. The lowest BCUT2D eigenvalue weighted by atomic mass is 10.1. The van der Waals surface area contributed by atoms with Gasteiger partial charge in [0.2, 0.25) is 0 Å². The Bertz CT molecular complexity index is 543. The molecule has 0 saturated heterocycles. The van der Waals surface area contributed by atoms with Crippen LogP contribution in [0.1, 0.15) is 29.3 Å². The van der Waals surface area contributed by atoms with Crippen LogP contribution < -0.4 is 0 Å². The van der Waals surface area contributed by atoms with Crippen LogP contribution in [0.2, 0.25) is 0 Å². The fraction of sp³-hybridized carbons (Fsp3) is 0.385. The molecule has 1 rings (SSSR count). The highest BCUT2D eigenvalue weighted by atomic mass is 19.4. The number of rotatable bonds is 5. The van der Waals surface area contributed by atoms with Gasteiger partial charge in [-0.3, -0.25) is 9.59 Å². The zero-order valence-electron chi connectivity index (χ0n) is 11.1. The van der Waals surface area contributed by atoms with E-state index >= 15 is 0 Å². The van der Waals surface area contributed by atoms with Crippen LogP contribution in [0.5, 0.6) is 0 Å². The Balaban J connectivity index is 3.07. The summed E-state index contributed by atoms with van der Waals surface area (Å²) in [5.74, 6) is -3.21. The molecule has 21 heavy (non-hydrogen) atoms. The van der Waals surface area contributed by atoms with Crippen molar-refractivity contribution in [2.45, 2.75) is 19.5 Å². The van der Waals surface area contributed by atoms with Gasteiger partial charge in [-0.2, -0.15) is 13.2 Å². The lowest BCUT2D eigenvalue weighted by Gasteiger charge is -2.20. The fourth-order valence-corrected chi connectivity index (χ4v) is 1.67. The molecular weight excluding hydrogens is 294 g/mol. The molecule has 0 aliphatic heterocycles. The van der Waals surface area contributed by atoms with Crippen molar-refractivity contribution in [3.63, 3.8) is 0 Å². The Morgan fingerprint density at radius 1 is 1.29 bits per heavy atom. The number of carbonyl (C=O) groups is 2. The Morgan fingerprint density at radius 2 is 1.90 bits per heavy atom. The number of benzene rings is 1. The number of alkyl halides is 3. The fourth-order valence-electron chi connectivity index (χ4n) is 1.67. The summed E-state index contributed by atoms with van der Waals surface area (Å²) >= 11 is 0. The van der Waals surface area contributed by atoms with E-state index in [9.17, 15) is 27.2 Å². The van der Waals surface area contributed by atoms with Crippen molar-refractivity contribution in [2.24, 2.45) is 0 Å². The summed E-state index contributed by atoms with van der Waals surface area (Å²) in [6, 6.07) is 1.54. The van der Waals surface area contributed by atoms with Crippen molar-refractivity contribution in [1.29, 1.82) is 0 Å². The zero-order valence-corrected chi connectivity index (χ0v) is 11.1. The molecule has 116 valence electrons. The number of carboxylic acid groups (broad SMARTS) is 1. The molecule has 1 N–H and O–H groups in total. The van der Waals surface area contributed by atoms with Crippen LogP contribution in [0, 0.1) is 5.82 Å². The molecule has 0 unspecified atom stereocenters. The van der Waals surface area contributed by atoms with Gasteiger partial charge in [0.25, 0.3) is 5.91 Å². The van der Waals surface area contributed by atoms with Gasteiger partial charge in [0.1, 0.15) is 5.82 Å². The Kier molecular flexibility index (Phi) is 5.28. The Labute approximate surface area is 118 Å². The first-order valence-corrected chi connectivity index (χ1v) is 6.04.